The number of amides is 1. The molecule has 2 aliphatic rings. The Labute approximate surface area is 130 Å². The van der Waals surface area contributed by atoms with Gasteiger partial charge in [0.05, 0.1) is 31.3 Å². The van der Waals surface area contributed by atoms with Crippen LogP contribution in [0.15, 0.2) is 24.3 Å². The van der Waals surface area contributed by atoms with Gasteiger partial charge in [0.25, 0.3) is 0 Å². The van der Waals surface area contributed by atoms with Gasteiger partial charge in [-0.25, -0.2) is 4.39 Å². The first kappa shape index (κ1) is 15.4. The van der Waals surface area contributed by atoms with Gasteiger partial charge < -0.3 is 14.4 Å². The van der Waals surface area contributed by atoms with Gasteiger partial charge in [0.1, 0.15) is 5.82 Å². The fraction of sp³-hybridized carbons (Fsp3) is 0.588. The number of hydrogen-bond acceptors (Lipinski definition) is 3. The number of nitrogens with zero attached hydrogens (tertiary/aromatic N) is 1. The molecule has 0 N–H and O–H groups in total. The molecule has 2 heterocycles. The van der Waals surface area contributed by atoms with Crippen molar-refractivity contribution in [1.82, 2.24) is 4.90 Å². The maximum Gasteiger partial charge on any atom is 0.227 e. The summed E-state index contributed by atoms with van der Waals surface area (Å²) in [5, 5.41) is 0. The summed E-state index contributed by atoms with van der Waals surface area (Å²) in [5.41, 5.74) is 0.724. The molecule has 0 bridgehead atoms. The van der Waals surface area contributed by atoms with Crippen LogP contribution in [-0.2, 0) is 20.7 Å². The van der Waals surface area contributed by atoms with Crippen molar-refractivity contribution in [2.24, 2.45) is 0 Å². The standard InChI is InChI=1S/C17H22FNO3/c1-21-11-14-5-6-15-16(22-14)7-8-19(15)17(20)10-12-3-2-4-13(18)9-12/h2-4,9,14-16H,5-8,10-11H2,1H3/t14-,15+,16+/m0/s1. The molecule has 1 aromatic rings. The van der Waals surface area contributed by atoms with Gasteiger partial charge in [-0.05, 0) is 37.0 Å². The maximum absolute atomic E-state index is 13.2. The Morgan fingerprint density at radius 1 is 1.41 bits per heavy atom. The van der Waals surface area contributed by atoms with Crippen LogP contribution in [0.2, 0.25) is 0 Å². The van der Waals surface area contributed by atoms with Gasteiger partial charge in [0.15, 0.2) is 0 Å². The molecule has 120 valence electrons. The van der Waals surface area contributed by atoms with Crippen molar-refractivity contribution in [2.75, 3.05) is 20.3 Å². The number of fused-ring (bicyclic) bond motifs is 1. The average molecular weight is 307 g/mol. The molecular weight excluding hydrogens is 285 g/mol. The summed E-state index contributed by atoms with van der Waals surface area (Å²) in [6, 6.07) is 6.42. The Kier molecular flexibility index (Phi) is 4.74. The molecule has 0 saturated carbocycles. The Balaban J connectivity index is 1.60. The minimum Gasteiger partial charge on any atom is -0.382 e. The van der Waals surface area contributed by atoms with Gasteiger partial charge >= 0.3 is 0 Å². The van der Waals surface area contributed by atoms with Crippen molar-refractivity contribution < 1.29 is 18.7 Å². The second-order valence-corrected chi connectivity index (χ2v) is 6.08. The number of carbonyl (C=O) groups is 1. The van der Waals surface area contributed by atoms with Gasteiger partial charge in [-0.15, -0.1) is 0 Å². The lowest BCUT2D eigenvalue weighted by Crippen LogP contribution is -2.46. The normalized spacial score (nSPS) is 27.7. The second kappa shape index (κ2) is 6.75. The summed E-state index contributed by atoms with van der Waals surface area (Å²) >= 11 is 0. The minimum absolute atomic E-state index is 0.0619. The summed E-state index contributed by atoms with van der Waals surface area (Å²) in [7, 11) is 1.68. The Morgan fingerprint density at radius 2 is 2.27 bits per heavy atom. The summed E-state index contributed by atoms with van der Waals surface area (Å²) in [4.78, 5) is 14.4. The van der Waals surface area contributed by atoms with E-state index in [9.17, 15) is 9.18 Å². The van der Waals surface area contributed by atoms with E-state index in [0.29, 0.717) is 6.61 Å². The number of halogens is 1. The number of methoxy groups -OCH3 is 1. The SMILES string of the molecule is COC[C@@H]1CC[C@@H]2[C@@H](CCN2C(=O)Cc2cccc(F)c2)O1. The average Bonchev–Trinajstić information content (AvgIpc) is 2.91. The Hall–Kier alpha value is -1.46. The molecule has 3 atom stereocenters. The molecule has 0 spiro atoms. The highest BCUT2D eigenvalue weighted by Crippen LogP contribution is 2.32. The van der Waals surface area contributed by atoms with Crippen LogP contribution in [-0.4, -0.2) is 49.3 Å². The molecule has 22 heavy (non-hydrogen) atoms. The lowest BCUT2D eigenvalue weighted by atomic mass is 9.99. The lowest BCUT2D eigenvalue weighted by Gasteiger charge is -2.35. The van der Waals surface area contributed by atoms with Crippen LogP contribution in [0, 0.1) is 5.82 Å². The molecule has 5 heteroatoms. The van der Waals surface area contributed by atoms with E-state index in [1.165, 1.54) is 12.1 Å². The third-order valence-corrected chi connectivity index (χ3v) is 4.55. The van der Waals surface area contributed by atoms with E-state index >= 15 is 0 Å². The van der Waals surface area contributed by atoms with Gasteiger partial charge in [-0.1, -0.05) is 12.1 Å². The molecule has 0 radical (unpaired) electrons. The fourth-order valence-electron chi connectivity index (χ4n) is 3.54. The van der Waals surface area contributed by atoms with Crippen LogP contribution in [0.25, 0.3) is 0 Å². The molecule has 0 aromatic heterocycles. The first-order chi connectivity index (χ1) is 10.7. The number of ether oxygens (including phenoxy) is 2. The van der Waals surface area contributed by atoms with Crippen LogP contribution in [0.3, 0.4) is 0 Å². The quantitative estimate of drug-likeness (QED) is 0.856. The van der Waals surface area contributed by atoms with Gasteiger partial charge in [-0.2, -0.15) is 0 Å². The molecule has 0 aliphatic carbocycles. The Bertz CT molecular complexity index is 536. The zero-order valence-electron chi connectivity index (χ0n) is 12.8. The molecule has 2 saturated heterocycles. The van der Waals surface area contributed by atoms with E-state index in [2.05, 4.69) is 0 Å². The molecule has 1 amide bonds. The molecular formula is C17H22FNO3. The zero-order chi connectivity index (χ0) is 15.5. The summed E-state index contributed by atoms with van der Waals surface area (Å²) < 4.78 is 24.4. The van der Waals surface area contributed by atoms with Crippen LogP contribution >= 0.6 is 0 Å². The van der Waals surface area contributed by atoms with E-state index in [1.807, 2.05) is 4.90 Å². The highest BCUT2D eigenvalue weighted by Gasteiger charge is 2.41. The third kappa shape index (κ3) is 3.31. The predicted octanol–water partition coefficient (Wildman–Crippen LogP) is 2.16. The van der Waals surface area contributed by atoms with Crippen molar-refractivity contribution in [3.8, 4) is 0 Å². The monoisotopic (exact) mass is 307 g/mol. The smallest absolute Gasteiger partial charge is 0.227 e. The van der Waals surface area contributed by atoms with Crippen LogP contribution in [0.5, 0.6) is 0 Å². The molecule has 3 rings (SSSR count). The summed E-state index contributed by atoms with van der Waals surface area (Å²) in [6.45, 7) is 1.34. The summed E-state index contributed by atoms with van der Waals surface area (Å²) in [6.07, 6.45) is 3.25. The van der Waals surface area contributed by atoms with E-state index in [4.69, 9.17) is 9.47 Å². The van der Waals surface area contributed by atoms with Gasteiger partial charge in [0, 0.05) is 13.7 Å². The van der Waals surface area contributed by atoms with Crippen molar-refractivity contribution in [3.05, 3.63) is 35.6 Å². The number of benzene rings is 1. The maximum atomic E-state index is 13.2. The largest absolute Gasteiger partial charge is 0.382 e. The molecule has 2 fully saturated rings. The van der Waals surface area contributed by atoms with Crippen molar-refractivity contribution in [2.45, 2.75) is 43.9 Å². The van der Waals surface area contributed by atoms with E-state index < -0.39 is 0 Å². The number of likely N-dealkylation sites (tertiary alicyclic amines) is 1. The van der Waals surface area contributed by atoms with Crippen molar-refractivity contribution in [1.29, 1.82) is 0 Å². The molecule has 4 nitrogen and oxygen atoms in total. The van der Waals surface area contributed by atoms with Gasteiger partial charge in [-0.3, -0.25) is 4.79 Å². The van der Waals surface area contributed by atoms with Crippen molar-refractivity contribution in [3.63, 3.8) is 0 Å². The van der Waals surface area contributed by atoms with E-state index in [-0.39, 0.29) is 36.4 Å². The van der Waals surface area contributed by atoms with E-state index in [1.54, 1.807) is 19.2 Å². The topological polar surface area (TPSA) is 38.8 Å². The molecule has 1 aromatic carbocycles. The third-order valence-electron chi connectivity index (χ3n) is 4.55. The van der Waals surface area contributed by atoms with Gasteiger partial charge in [0.2, 0.25) is 5.91 Å². The fourth-order valence-corrected chi connectivity index (χ4v) is 3.54. The first-order valence-corrected chi connectivity index (χ1v) is 7.85. The summed E-state index contributed by atoms with van der Waals surface area (Å²) in [5.74, 6) is -0.236. The Morgan fingerprint density at radius 3 is 3.05 bits per heavy atom. The van der Waals surface area contributed by atoms with Crippen LogP contribution in [0.1, 0.15) is 24.8 Å². The number of hydrogen-bond donors (Lipinski definition) is 0. The highest BCUT2D eigenvalue weighted by molar-refractivity contribution is 5.79. The minimum atomic E-state index is -0.298. The highest BCUT2D eigenvalue weighted by atomic mass is 19.1. The predicted molar refractivity (Wildman–Crippen MR) is 80.0 cm³/mol. The van der Waals surface area contributed by atoms with Crippen LogP contribution in [0.4, 0.5) is 4.39 Å². The second-order valence-electron chi connectivity index (χ2n) is 6.08. The zero-order valence-corrected chi connectivity index (χ0v) is 12.8. The van der Waals surface area contributed by atoms with Crippen LogP contribution < -0.4 is 0 Å². The number of carbonyl (C=O) groups excluding carboxylic acids is 1. The van der Waals surface area contributed by atoms with E-state index in [0.717, 1.165) is 31.4 Å². The molecule has 2 aliphatic heterocycles. The van der Waals surface area contributed by atoms with Crippen molar-refractivity contribution >= 4 is 5.91 Å². The first-order valence-electron chi connectivity index (χ1n) is 7.85. The molecule has 0 unspecified atom stereocenters. The number of rotatable bonds is 4. The lowest BCUT2D eigenvalue weighted by molar-refractivity contribution is -0.137.